The highest BCUT2D eigenvalue weighted by Crippen LogP contribution is 2.31. The quantitative estimate of drug-likeness (QED) is 0.129. The first-order chi connectivity index (χ1) is 30.4. The smallest absolute Gasteiger partial charge is 0.248 e. The van der Waals surface area contributed by atoms with Crippen molar-refractivity contribution in [2.24, 2.45) is 0 Å². The van der Waals surface area contributed by atoms with Crippen LogP contribution in [0.25, 0.3) is 17.1 Å². The van der Waals surface area contributed by atoms with E-state index in [2.05, 4.69) is 69.7 Å². The zero-order valence-electron chi connectivity index (χ0n) is 35.1. The Balaban J connectivity index is 0.000000160. The van der Waals surface area contributed by atoms with Crippen LogP contribution in [0.4, 0.5) is 46.8 Å². The van der Waals surface area contributed by atoms with Crippen molar-refractivity contribution in [3.8, 4) is 17.1 Å². The van der Waals surface area contributed by atoms with Crippen LogP contribution in [-0.2, 0) is 14.2 Å². The fourth-order valence-electron chi connectivity index (χ4n) is 8.14. The van der Waals surface area contributed by atoms with E-state index in [4.69, 9.17) is 19.2 Å². The minimum Gasteiger partial charge on any atom is -0.378 e. The fraction of sp³-hybridized carbons (Fsp3) is 0.386. The van der Waals surface area contributed by atoms with Crippen LogP contribution in [0.5, 0.6) is 0 Å². The summed E-state index contributed by atoms with van der Waals surface area (Å²) in [5.74, 6) is -0.279. The highest BCUT2D eigenvalue weighted by molar-refractivity contribution is 5.61. The first-order valence-electron chi connectivity index (χ1n) is 20.8. The highest BCUT2D eigenvalue weighted by Gasteiger charge is 2.40. The number of aryl methyl sites for hydroxylation is 2. The number of pyridine rings is 1. The fourth-order valence-corrected chi connectivity index (χ4v) is 8.14. The molecule has 4 aliphatic heterocycles. The number of ether oxygens (including phenoxy) is 3. The maximum Gasteiger partial charge on any atom is 0.248 e. The molecule has 4 fully saturated rings. The number of hydrogen-bond donors (Lipinski definition) is 3. The van der Waals surface area contributed by atoms with Gasteiger partial charge in [0, 0.05) is 62.7 Å². The van der Waals surface area contributed by atoms with Crippen LogP contribution in [0, 0.1) is 37.1 Å². The van der Waals surface area contributed by atoms with Gasteiger partial charge in [-0.25, -0.2) is 27.2 Å². The largest absolute Gasteiger partial charge is 0.378 e. The third kappa shape index (κ3) is 9.97. The minimum atomic E-state index is -0.672. The number of piperazine rings is 1. The topological polar surface area (TPSA) is 147 Å². The zero-order chi connectivity index (χ0) is 43.7. The van der Waals surface area contributed by atoms with Crippen LogP contribution in [0.3, 0.4) is 0 Å². The van der Waals surface area contributed by atoms with E-state index in [1.807, 2.05) is 32.0 Å². The Morgan fingerprint density at radius 1 is 0.746 bits per heavy atom. The van der Waals surface area contributed by atoms with E-state index in [0.29, 0.717) is 35.9 Å². The molecule has 0 radical (unpaired) electrons. The number of rotatable bonds is 10. The predicted molar refractivity (Wildman–Crippen MR) is 228 cm³/mol. The summed E-state index contributed by atoms with van der Waals surface area (Å²) in [4.78, 5) is 20.5. The SMILES string of the molecule is Cc1cc(Nc2n[nH]c(-c3cc(F)cc(F)c3)n2)cc(C2CN(C3COC3)CCO2)c1.Cc1cc(Nc2ncn(-c3cc(F)cc(F)c3)n2)nc(N2CCN(C3(C)COC3)CC2)c1. The molecule has 330 valence electrons. The van der Waals surface area contributed by atoms with E-state index in [0.717, 1.165) is 106 Å². The van der Waals surface area contributed by atoms with E-state index < -0.39 is 23.3 Å². The molecule has 19 heteroatoms. The van der Waals surface area contributed by atoms with E-state index in [9.17, 15) is 17.6 Å². The van der Waals surface area contributed by atoms with Crippen molar-refractivity contribution in [2.45, 2.75) is 38.5 Å². The summed E-state index contributed by atoms with van der Waals surface area (Å²) >= 11 is 0. The molecule has 15 nitrogen and oxygen atoms in total. The summed E-state index contributed by atoms with van der Waals surface area (Å²) in [5, 5.41) is 17.4. The van der Waals surface area contributed by atoms with Crippen LogP contribution in [-0.4, -0.2) is 129 Å². The third-order valence-corrected chi connectivity index (χ3v) is 11.6. The molecule has 10 rings (SSSR count). The van der Waals surface area contributed by atoms with Crippen molar-refractivity contribution >= 4 is 29.2 Å². The van der Waals surface area contributed by atoms with E-state index in [-0.39, 0.29) is 23.2 Å². The number of halogens is 4. The van der Waals surface area contributed by atoms with Gasteiger partial charge >= 0.3 is 0 Å². The normalized spacial score (nSPS) is 19.2. The predicted octanol–water partition coefficient (Wildman–Crippen LogP) is 6.48. The Labute approximate surface area is 361 Å². The Bertz CT molecular complexity index is 2520. The maximum absolute atomic E-state index is 13.5. The molecule has 0 amide bonds. The monoisotopic (exact) mass is 868 g/mol. The molecule has 0 bridgehead atoms. The molecule has 7 heterocycles. The average Bonchev–Trinajstić information content (AvgIpc) is 3.89. The number of aromatic amines is 1. The van der Waals surface area contributed by atoms with Gasteiger partial charge < -0.3 is 29.7 Å². The second-order valence-corrected chi connectivity index (χ2v) is 16.6. The number of benzene rings is 3. The molecule has 1 atom stereocenters. The molecule has 3 aromatic carbocycles. The van der Waals surface area contributed by atoms with Crippen molar-refractivity contribution in [3.63, 3.8) is 0 Å². The number of nitrogens with one attached hydrogen (secondary N) is 3. The van der Waals surface area contributed by atoms with Crippen LogP contribution >= 0.6 is 0 Å². The van der Waals surface area contributed by atoms with Gasteiger partial charge in [-0.3, -0.25) is 14.9 Å². The van der Waals surface area contributed by atoms with Crippen LogP contribution in [0.15, 0.2) is 73.1 Å². The number of hydrogen-bond acceptors (Lipinski definition) is 13. The lowest BCUT2D eigenvalue weighted by atomic mass is 9.97. The summed E-state index contributed by atoms with van der Waals surface area (Å²) in [5.41, 5.74) is 4.74. The second kappa shape index (κ2) is 18.0. The highest BCUT2D eigenvalue weighted by atomic mass is 19.1. The molecular formula is C44H48F4N12O3. The standard InChI is InChI=1S/C22H25F2N7O.C22H23F2N5O2/c1-15-7-19(27-21-25-14-31(28-21)18-10-16(23)9-17(24)11-18)26-20(8-15)29-3-5-30(6-4-29)22(2)12-32-13-22;1-13-4-14(20-10-29(2-3-31-20)19-11-30-12-19)8-18(5-13)25-22-26-21(27-28-22)15-6-16(23)9-17(24)7-15/h7-11,14H,3-6,12-13H2,1-2H3,(H,26,27,28);4-9,19-20H,2-3,10-12H2,1H3,(H2,25,26,27,28). The molecule has 63 heavy (non-hydrogen) atoms. The van der Waals surface area contributed by atoms with Gasteiger partial charge in [0.05, 0.1) is 56.4 Å². The Morgan fingerprint density at radius 2 is 1.46 bits per heavy atom. The van der Waals surface area contributed by atoms with Crippen molar-refractivity contribution in [1.82, 2.24) is 44.7 Å². The molecule has 0 saturated carbocycles. The first-order valence-corrected chi connectivity index (χ1v) is 20.8. The molecule has 0 spiro atoms. The van der Waals surface area contributed by atoms with Gasteiger partial charge in [0.1, 0.15) is 41.2 Å². The van der Waals surface area contributed by atoms with Gasteiger partial charge in [-0.05, 0) is 86.0 Å². The lowest BCUT2D eigenvalue weighted by Gasteiger charge is -2.50. The molecule has 6 aromatic rings. The van der Waals surface area contributed by atoms with Crippen molar-refractivity contribution in [1.29, 1.82) is 0 Å². The molecule has 1 unspecified atom stereocenters. The van der Waals surface area contributed by atoms with Crippen molar-refractivity contribution in [3.05, 3.63) is 113 Å². The molecule has 0 aliphatic carbocycles. The van der Waals surface area contributed by atoms with E-state index in [1.54, 1.807) is 0 Å². The molecule has 3 aromatic heterocycles. The van der Waals surface area contributed by atoms with Crippen LogP contribution < -0.4 is 15.5 Å². The average molecular weight is 869 g/mol. The number of anilines is 5. The number of aromatic nitrogens is 7. The summed E-state index contributed by atoms with van der Waals surface area (Å²) in [6, 6.07) is 17.0. The summed E-state index contributed by atoms with van der Waals surface area (Å²) in [7, 11) is 0. The molecule has 3 N–H and O–H groups in total. The van der Waals surface area contributed by atoms with Crippen LogP contribution in [0.1, 0.15) is 29.7 Å². The van der Waals surface area contributed by atoms with Gasteiger partial charge in [-0.1, -0.05) is 6.07 Å². The van der Waals surface area contributed by atoms with Gasteiger partial charge in [0.15, 0.2) is 5.82 Å². The first kappa shape index (κ1) is 42.3. The molecule has 4 aliphatic rings. The number of morpholine rings is 1. The van der Waals surface area contributed by atoms with Gasteiger partial charge in [0.25, 0.3) is 0 Å². The summed E-state index contributed by atoms with van der Waals surface area (Å²) in [6.45, 7) is 15.6. The second-order valence-electron chi connectivity index (χ2n) is 16.6. The lowest BCUT2D eigenvalue weighted by Crippen LogP contribution is -2.64. The minimum absolute atomic E-state index is 0.0206. The van der Waals surface area contributed by atoms with E-state index >= 15 is 0 Å². The lowest BCUT2D eigenvalue weighted by molar-refractivity contribution is -0.131. The molecule has 4 saturated heterocycles. The van der Waals surface area contributed by atoms with Crippen molar-refractivity contribution < 1.29 is 31.8 Å². The van der Waals surface area contributed by atoms with Gasteiger partial charge in [-0.15, -0.1) is 10.2 Å². The van der Waals surface area contributed by atoms with Gasteiger partial charge in [-0.2, -0.15) is 9.97 Å². The van der Waals surface area contributed by atoms with Crippen LogP contribution in [0.2, 0.25) is 0 Å². The number of H-pyrrole nitrogens is 1. The molecular weight excluding hydrogens is 821 g/mol. The Morgan fingerprint density at radius 3 is 2.14 bits per heavy atom. The Hall–Kier alpha value is -5.99. The van der Waals surface area contributed by atoms with Gasteiger partial charge in [0.2, 0.25) is 11.9 Å². The third-order valence-electron chi connectivity index (χ3n) is 11.6. The van der Waals surface area contributed by atoms with E-state index in [1.165, 1.54) is 35.3 Å². The Kier molecular flexibility index (Phi) is 12.1. The summed E-state index contributed by atoms with van der Waals surface area (Å²) < 4.78 is 72.1. The zero-order valence-corrected chi connectivity index (χ0v) is 35.1. The maximum atomic E-state index is 13.5. The summed E-state index contributed by atoms with van der Waals surface area (Å²) in [6.07, 6.45) is 1.38. The number of nitrogens with zero attached hydrogens (tertiary/aromatic N) is 9. The van der Waals surface area contributed by atoms with Crippen molar-refractivity contribution in [2.75, 3.05) is 87.8 Å².